The summed E-state index contributed by atoms with van der Waals surface area (Å²) in [5.41, 5.74) is 1.67. The van der Waals surface area contributed by atoms with Gasteiger partial charge in [0.15, 0.2) is 0 Å². The summed E-state index contributed by atoms with van der Waals surface area (Å²) in [6.45, 7) is 3.33. The van der Waals surface area contributed by atoms with Gasteiger partial charge in [-0.1, -0.05) is 6.07 Å². The van der Waals surface area contributed by atoms with Gasteiger partial charge in [0.05, 0.1) is 18.8 Å². The fourth-order valence-corrected chi connectivity index (χ4v) is 1.62. The summed E-state index contributed by atoms with van der Waals surface area (Å²) >= 11 is 0. The molecule has 0 saturated carbocycles. The number of hydrogen-bond donors (Lipinski definition) is 0. The predicted octanol–water partition coefficient (Wildman–Crippen LogP) is 2.03. The van der Waals surface area contributed by atoms with Crippen LogP contribution < -0.4 is 4.74 Å². The molecule has 1 heterocycles. The van der Waals surface area contributed by atoms with Gasteiger partial charge in [-0.05, 0) is 24.6 Å². The van der Waals surface area contributed by atoms with Crippen molar-refractivity contribution < 1.29 is 9.47 Å². The summed E-state index contributed by atoms with van der Waals surface area (Å²) < 4.78 is 10.9. The van der Waals surface area contributed by atoms with Crippen LogP contribution in [-0.2, 0) is 4.74 Å². The van der Waals surface area contributed by atoms with Crippen LogP contribution in [0, 0.1) is 18.3 Å². The maximum Gasteiger partial charge on any atom is 0.137 e. The lowest BCUT2D eigenvalue weighted by Gasteiger charge is -2.13. The first-order chi connectivity index (χ1) is 7.29. The lowest BCUT2D eigenvalue weighted by Crippen LogP contribution is -2.16. The first kappa shape index (κ1) is 10.0. The molecule has 0 amide bonds. The number of rotatable bonds is 2. The number of nitrogens with zero attached hydrogens (tertiary/aromatic N) is 1. The third-order valence-corrected chi connectivity index (χ3v) is 2.44. The first-order valence-corrected chi connectivity index (χ1v) is 5.05. The van der Waals surface area contributed by atoms with Crippen LogP contribution in [0.1, 0.15) is 17.5 Å². The molecule has 0 radical (unpaired) electrons. The number of hydrogen-bond acceptors (Lipinski definition) is 3. The van der Waals surface area contributed by atoms with Crippen LogP contribution in [0.3, 0.4) is 0 Å². The zero-order valence-electron chi connectivity index (χ0n) is 8.69. The van der Waals surface area contributed by atoms with E-state index in [1.165, 1.54) is 0 Å². The van der Waals surface area contributed by atoms with Crippen molar-refractivity contribution in [3.63, 3.8) is 0 Å². The van der Waals surface area contributed by atoms with Gasteiger partial charge in [-0.25, -0.2) is 0 Å². The molecule has 2 rings (SSSR count). The first-order valence-electron chi connectivity index (χ1n) is 5.05. The van der Waals surface area contributed by atoms with Crippen molar-refractivity contribution in [2.45, 2.75) is 19.4 Å². The molecular formula is C12H13NO2. The zero-order chi connectivity index (χ0) is 10.7. The van der Waals surface area contributed by atoms with E-state index >= 15 is 0 Å². The van der Waals surface area contributed by atoms with Gasteiger partial charge in [0.25, 0.3) is 0 Å². The van der Waals surface area contributed by atoms with Crippen LogP contribution >= 0.6 is 0 Å². The lowest BCUT2D eigenvalue weighted by atomic mass is 10.1. The highest BCUT2D eigenvalue weighted by molar-refractivity contribution is 5.45. The number of benzene rings is 1. The molecule has 3 nitrogen and oxygen atoms in total. The van der Waals surface area contributed by atoms with E-state index in [0.29, 0.717) is 17.9 Å². The summed E-state index contributed by atoms with van der Waals surface area (Å²) in [5.74, 6) is 0.665. The molecule has 1 fully saturated rings. The minimum atomic E-state index is 0.0970. The molecule has 1 unspecified atom stereocenters. The van der Waals surface area contributed by atoms with Crippen molar-refractivity contribution in [1.82, 2.24) is 0 Å². The second-order valence-corrected chi connectivity index (χ2v) is 3.71. The van der Waals surface area contributed by atoms with E-state index in [9.17, 15) is 0 Å². The van der Waals surface area contributed by atoms with E-state index in [-0.39, 0.29) is 6.10 Å². The number of nitriles is 1. The van der Waals surface area contributed by atoms with Crippen molar-refractivity contribution in [3.05, 3.63) is 29.3 Å². The van der Waals surface area contributed by atoms with E-state index in [1.807, 2.05) is 25.1 Å². The highest BCUT2D eigenvalue weighted by Gasteiger charge is 2.18. The topological polar surface area (TPSA) is 42.2 Å². The largest absolute Gasteiger partial charge is 0.487 e. The molecule has 1 saturated heterocycles. The average Bonchev–Trinajstić information content (AvgIpc) is 2.73. The lowest BCUT2D eigenvalue weighted by molar-refractivity contribution is 0.141. The molecule has 1 atom stereocenters. The Labute approximate surface area is 89.2 Å². The molecule has 0 aromatic heterocycles. The monoisotopic (exact) mass is 203 g/mol. The highest BCUT2D eigenvalue weighted by atomic mass is 16.5. The molecule has 1 aromatic rings. The van der Waals surface area contributed by atoms with Gasteiger partial charge >= 0.3 is 0 Å². The van der Waals surface area contributed by atoms with E-state index in [4.69, 9.17) is 14.7 Å². The van der Waals surface area contributed by atoms with Gasteiger partial charge in [-0.2, -0.15) is 5.26 Å². The van der Waals surface area contributed by atoms with Crippen LogP contribution in [0.4, 0.5) is 0 Å². The Kier molecular flexibility index (Phi) is 2.89. The van der Waals surface area contributed by atoms with Crippen molar-refractivity contribution in [2.75, 3.05) is 13.2 Å². The fourth-order valence-electron chi connectivity index (χ4n) is 1.62. The zero-order valence-corrected chi connectivity index (χ0v) is 8.69. The summed E-state index contributed by atoms with van der Waals surface area (Å²) in [6, 6.07) is 7.79. The van der Waals surface area contributed by atoms with Crippen LogP contribution in [0.25, 0.3) is 0 Å². The summed E-state index contributed by atoms with van der Waals surface area (Å²) in [6.07, 6.45) is 0.999. The van der Waals surface area contributed by atoms with Gasteiger partial charge in [-0.15, -0.1) is 0 Å². The van der Waals surface area contributed by atoms with Crippen LogP contribution in [0.2, 0.25) is 0 Å². The molecular weight excluding hydrogens is 190 g/mol. The maximum atomic E-state index is 8.96. The van der Waals surface area contributed by atoms with Crippen molar-refractivity contribution in [1.29, 1.82) is 5.26 Å². The Morgan fingerprint density at radius 1 is 1.53 bits per heavy atom. The standard InChI is InChI=1S/C12H13NO2/c1-9-2-3-12(10(6-9)7-13)15-11-4-5-14-8-11/h2-3,6,11H,4-5,8H2,1H3. The fraction of sp³-hybridized carbons (Fsp3) is 0.417. The van der Waals surface area contributed by atoms with Gasteiger partial charge in [-0.3, -0.25) is 0 Å². The minimum absolute atomic E-state index is 0.0970. The molecule has 0 spiro atoms. The van der Waals surface area contributed by atoms with Gasteiger partial charge in [0.2, 0.25) is 0 Å². The molecule has 0 aliphatic carbocycles. The number of aryl methyl sites for hydroxylation is 1. The minimum Gasteiger partial charge on any atom is -0.487 e. The third kappa shape index (κ3) is 2.28. The van der Waals surface area contributed by atoms with Crippen LogP contribution in [0.15, 0.2) is 18.2 Å². The molecule has 15 heavy (non-hydrogen) atoms. The van der Waals surface area contributed by atoms with E-state index in [2.05, 4.69) is 6.07 Å². The highest BCUT2D eigenvalue weighted by Crippen LogP contribution is 2.22. The van der Waals surface area contributed by atoms with Crippen molar-refractivity contribution >= 4 is 0 Å². The molecule has 1 aliphatic heterocycles. The molecule has 0 bridgehead atoms. The predicted molar refractivity (Wildman–Crippen MR) is 55.7 cm³/mol. The summed E-state index contributed by atoms with van der Waals surface area (Å²) in [7, 11) is 0. The van der Waals surface area contributed by atoms with Crippen molar-refractivity contribution in [2.24, 2.45) is 0 Å². The average molecular weight is 203 g/mol. The number of ether oxygens (including phenoxy) is 2. The molecule has 1 aromatic carbocycles. The van der Waals surface area contributed by atoms with E-state index in [1.54, 1.807) is 0 Å². The third-order valence-electron chi connectivity index (χ3n) is 2.44. The Balaban J connectivity index is 2.16. The summed E-state index contributed by atoms with van der Waals surface area (Å²) in [5, 5.41) is 8.96. The Bertz CT molecular complexity index is 389. The van der Waals surface area contributed by atoms with Crippen LogP contribution in [0.5, 0.6) is 5.75 Å². The summed E-state index contributed by atoms with van der Waals surface area (Å²) in [4.78, 5) is 0. The van der Waals surface area contributed by atoms with E-state index in [0.717, 1.165) is 18.6 Å². The second kappa shape index (κ2) is 4.33. The van der Waals surface area contributed by atoms with Crippen molar-refractivity contribution in [3.8, 4) is 11.8 Å². The Morgan fingerprint density at radius 3 is 3.07 bits per heavy atom. The molecule has 78 valence electrons. The molecule has 1 aliphatic rings. The maximum absolute atomic E-state index is 8.96. The van der Waals surface area contributed by atoms with Crippen LogP contribution in [-0.4, -0.2) is 19.3 Å². The SMILES string of the molecule is Cc1ccc(OC2CCOC2)c(C#N)c1. The quantitative estimate of drug-likeness (QED) is 0.738. The Morgan fingerprint density at radius 2 is 2.40 bits per heavy atom. The molecule has 0 N–H and O–H groups in total. The normalized spacial score (nSPS) is 19.9. The molecule has 3 heteroatoms. The smallest absolute Gasteiger partial charge is 0.137 e. The van der Waals surface area contributed by atoms with Gasteiger partial charge in [0.1, 0.15) is 17.9 Å². The Hall–Kier alpha value is -1.53. The second-order valence-electron chi connectivity index (χ2n) is 3.71. The van der Waals surface area contributed by atoms with Gasteiger partial charge in [0, 0.05) is 6.42 Å². The van der Waals surface area contributed by atoms with E-state index < -0.39 is 0 Å². The van der Waals surface area contributed by atoms with Gasteiger partial charge < -0.3 is 9.47 Å².